The zero-order valence-corrected chi connectivity index (χ0v) is 11.1. The molecule has 20 heavy (non-hydrogen) atoms. The minimum Gasteiger partial charge on any atom is -0.497 e. The van der Waals surface area contributed by atoms with E-state index in [0.717, 1.165) is 5.56 Å². The molecule has 0 aliphatic rings. The van der Waals surface area contributed by atoms with Crippen LogP contribution in [0.3, 0.4) is 0 Å². The predicted molar refractivity (Wildman–Crippen MR) is 78.2 cm³/mol. The van der Waals surface area contributed by atoms with E-state index < -0.39 is 0 Å². The minimum atomic E-state index is -0.139. The summed E-state index contributed by atoms with van der Waals surface area (Å²) < 4.78 is 5.12. The van der Waals surface area contributed by atoms with Crippen LogP contribution >= 0.6 is 0 Å². The Kier molecular flexibility index (Phi) is 3.21. The first kappa shape index (κ1) is 12.4. The van der Waals surface area contributed by atoms with E-state index in [0.29, 0.717) is 28.9 Å². The molecule has 3 rings (SSSR count). The molecule has 0 radical (unpaired) electrons. The van der Waals surface area contributed by atoms with Gasteiger partial charge in [0.2, 0.25) is 0 Å². The van der Waals surface area contributed by atoms with Gasteiger partial charge in [0.15, 0.2) is 0 Å². The van der Waals surface area contributed by atoms with Gasteiger partial charge < -0.3 is 9.72 Å². The Hall–Kier alpha value is -2.62. The van der Waals surface area contributed by atoms with Crippen molar-refractivity contribution in [2.75, 3.05) is 7.11 Å². The lowest BCUT2D eigenvalue weighted by Crippen LogP contribution is -2.12. The number of ether oxygens (including phenoxy) is 1. The molecule has 1 heterocycles. The molecule has 0 spiro atoms. The number of nitrogens with zero attached hydrogens (tertiary/aromatic N) is 1. The van der Waals surface area contributed by atoms with Crippen LogP contribution in [0.15, 0.2) is 53.3 Å². The van der Waals surface area contributed by atoms with Crippen LogP contribution in [0.2, 0.25) is 0 Å². The average molecular weight is 266 g/mol. The fraction of sp³-hybridized carbons (Fsp3) is 0.125. The van der Waals surface area contributed by atoms with Crippen molar-refractivity contribution >= 4 is 10.9 Å². The van der Waals surface area contributed by atoms with Gasteiger partial charge in [0.05, 0.1) is 18.0 Å². The van der Waals surface area contributed by atoms with Crippen LogP contribution in [0.5, 0.6) is 5.75 Å². The minimum absolute atomic E-state index is 0.139. The van der Waals surface area contributed by atoms with Crippen molar-refractivity contribution in [2.24, 2.45) is 0 Å². The number of methoxy groups -OCH3 is 1. The Morgan fingerprint density at radius 2 is 1.95 bits per heavy atom. The average Bonchev–Trinajstić information content (AvgIpc) is 2.48. The third kappa shape index (κ3) is 2.40. The summed E-state index contributed by atoms with van der Waals surface area (Å²) >= 11 is 0. The Bertz CT molecular complexity index is 794. The summed E-state index contributed by atoms with van der Waals surface area (Å²) in [5, 5.41) is 0.543. The van der Waals surface area contributed by atoms with E-state index in [-0.39, 0.29) is 5.56 Å². The van der Waals surface area contributed by atoms with Crippen molar-refractivity contribution in [1.29, 1.82) is 0 Å². The number of H-pyrrole nitrogens is 1. The van der Waals surface area contributed by atoms with Crippen LogP contribution in [0, 0.1) is 0 Å². The number of hydrogen-bond acceptors (Lipinski definition) is 3. The van der Waals surface area contributed by atoms with Crippen molar-refractivity contribution in [3.8, 4) is 5.75 Å². The predicted octanol–water partition coefficient (Wildman–Crippen LogP) is 2.52. The molecule has 0 amide bonds. The van der Waals surface area contributed by atoms with Gasteiger partial charge in [-0.15, -0.1) is 0 Å². The normalized spacial score (nSPS) is 10.7. The van der Waals surface area contributed by atoms with Gasteiger partial charge in [-0.1, -0.05) is 30.3 Å². The van der Waals surface area contributed by atoms with Gasteiger partial charge in [0.1, 0.15) is 11.6 Å². The standard InChI is InChI=1S/C16H14N2O2/c1-20-12-7-8-14-13(10-12)16(19)18-15(17-14)9-11-5-3-2-4-6-11/h2-8,10H,9H2,1H3,(H,17,18,19). The lowest BCUT2D eigenvalue weighted by atomic mass is 10.1. The molecule has 0 fully saturated rings. The third-order valence-corrected chi connectivity index (χ3v) is 3.18. The Labute approximate surface area is 116 Å². The largest absolute Gasteiger partial charge is 0.497 e. The second-order valence-corrected chi connectivity index (χ2v) is 4.56. The summed E-state index contributed by atoms with van der Waals surface area (Å²) in [7, 11) is 1.58. The molecular weight excluding hydrogens is 252 g/mol. The fourth-order valence-electron chi connectivity index (χ4n) is 2.17. The maximum Gasteiger partial charge on any atom is 0.258 e. The second-order valence-electron chi connectivity index (χ2n) is 4.56. The summed E-state index contributed by atoms with van der Waals surface area (Å²) in [5.41, 5.74) is 1.66. The first-order valence-corrected chi connectivity index (χ1v) is 6.37. The maximum absolute atomic E-state index is 12.1. The first-order valence-electron chi connectivity index (χ1n) is 6.37. The van der Waals surface area contributed by atoms with Crippen LogP contribution in [0.1, 0.15) is 11.4 Å². The summed E-state index contributed by atoms with van der Waals surface area (Å²) in [6, 6.07) is 15.2. The molecule has 0 saturated heterocycles. The Morgan fingerprint density at radius 1 is 1.15 bits per heavy atom. The van der Waals surface area contributed by atoms with E-state index >= 15 is 0 Å². The molecule has 3 aromatic rings. The molecule has 4 heteroatoms. The highest BCUT2D eigenvalue weighted by atomic mass is 16.5. The number of fused-ring (bicyclic) bond motifs is 1. The molecule has 0 atom stereocenters. The lowest BCUT2D eigenvalue weighted by Gasteiger charge is -2.05. The molecule has 0 aliphatic heterocycles. The summed E-state index contributed by atoms with van der Waals surface area (Å²) in [5.74, 6) is 1.32. The van der Waals surface area contributed by atoms with Gasteiger partial charge in [-0.3, -0.25) is 4.79 Å². The Morgan fingerprint density at radius 3 is 2.70 bits per heavy atom. The van der Waals surface area contributed by atoms with Crippen molar-refractivity contribution in [1.82, 2.24) is 9.97 Å². The highest BCUT2D eigenvalue weighted by Gasteiger charge is 2.06. The third-order valence-electron chi connectivity index (χ3n) is 3.18. The lowest BCUT2D eigenvalue weighted by molar-refractivity contribution is 0.415. The highest BCUT2D eigenvalue weighted by molar-refractivity contribution is 5.79. The van der Waals surface area contributed by atoms with Crippen molar-refractivity contribution in [3.63, 3.8) is 0 Å². The van der Waals surface area contributed by atoms with E-state index in [4.69, 9.17) is 4.74 Å². The van der Waals surface area contributed by atoms with Gasteiger partial charge in [-0.05, 0) is 23.8 Å². The zero-order chi connectivity index (χ0) is 13.9. The monoisotopic (exact) mass is 266 g/mol. The van der Waals surface area contributed by atoms with Crippen molar-refractivity contribution in [3.05, 3.63) is 70.3 Å². The summed E-state index contributed by atoms with van der Waals surface area (Å²) in [4.78, 5) is 19.4. The molecule has 4 nitrogen and oxygen atoms in total. The van der Waals surface area contributed by atoms with Crippen LogP contribution in [-0.4, -0.2) is 17.1 Å². The van der Waals surface area contributed by atoms with Gasteiger partial charge in [-0.2, -0.15) is 0 Å². The summed E-state index contributed by atoms with van der Waals surface area (Å²) in [6.07, 6.45) is 0.609. The zero-order valence-electron chi connectivity index (χ0n) is 11.1. The molecule has 0 bridgehead atoms. The summed E-state index contributed by atoms with van der Waals surface area (Å²) in [6.45, 7) is 0. The van der Waals surface area contributed by atoms with Gasteiger partial charge in [0, 0.05) is 6.42 Å². The first-order chi connectivity index (χ1) is 9.76. The van der Waals surface area contributed by atoms with Crippen LogP contribution in [-0.2, 0) is 6.42 Å². The molecule has 0 unspecified atom stereocenters. The smallest absolute Gasteiger partial charge is 0.258 e. The number of nitrogens with one attached hydrogen (secondary N) is 1. The number of aromatic nitrogens is 2. The van der Waals surface area contributed by atoms with Crippen LogP contribution in [0.25, 0.3) is 10.9 Å². The molecule has 2 aromatic carbocycles. The fourth-order valence-corrected chi connectivity index (χ4v) is 2.17. The number of hydrogen-bond donors (Lipinski definition) is 1. The van der Waals surface area contributed by atoms with Gasteiger partial charge in [0.25, 0.3) is 5.56 Å². The molecule has 0 aliphatic carbocycles. The second kappa shape index (κ2) is 5.17. The van der Waals surface area contributed by atoms with Crippen LogP contribution in [0.4, 0.5) is 0 Å². The highest BCUT2D eigenvalue weighted by Crippen LogP contribution is 2.16. The van der Waals surface area contributed by atoms with Gasteiger partial charge in [-0.25, -0.2) is 4.98 Å². The van der Waals surface area contributed by atoms with E-state index in [9.17, 15) is 4.79 Å². The number of rotatable bonds is 3. The molecule has 100 valence electrons. The number of benzene rings is 2. The van der Waals surface area contributed by atoms with Crippen LogP contribution < -0.4 is 10.3 Å². The van der Waals surface area contributed by atoms with E-state index in [2.05, 4.69) is 9.97 Å². The van der Waals surface area contributed by atoms with Crippen molar-refractivity contribution in [2.45, 2.75) is 6.42 Å². The van der Waals surface area contributed by atoms with Gasteiger partial charge >= 0.3 is 0 Å². The maximum atomic E-state index is 12.1. The molecule has 1 aromatic heterocycles. The number of aromatic amines is 1. The van der Waals surface area contributed by atoms with E-state index in [1.807, 2.05) is 30.3 Å². The Balaban J connectivity index is 2.04. The molecular formula is C16H14N2O2. The SMILES string of the molecule is COc1ccc2nc(Cc3ccccc3)[nH]c(=O)c2c1. The van der Waals surface area contributed by atoms with E-state index in [1.54, 1.807) is 25.3 Å². The molecule has 1 N–H and O–H groups in total. The van der Waals surface area contributed by atoms with E-state index in [1.165, 1.54) is 0 Å². The molecule has 0 saturated carbocycles. The topological polar surface area (TPSA) is 55.0 Å². The quantitative estimate of drug-likeness (QED) is 0.792. The van der Waals surface area contributed by atoms with Crippen molar-refractivity contribution < 1.29 is 4.74 Å².